The fourth-order valence-corrected chi connectivity index (χ4v) is 1.43. The van der Waals surface area contributed by atoms with E-state index in [9.17, 15) is 0 Å². The highest BCUT2D eigenvalue weighted by Crippen LogP contribution is 2.24. The van der Waals surface area contributed by atoms with Crippen LogP contribution in [0.25, 0.3) is 10.9 Å². The highest BCUT2D eigenvalue weighted by atomic mass is 16.5. The van der Waals surface area contributed by atoms with Crippen molar-refractivity contribution in [1.82, 2.24) is 4.98 Å². The van der Waals surface area contributed by atoms with Crippen LogP contribution >= 0.6 is 0 Å². The molecule has 1 aromatic carbocycles. The minimum absolute atomic E-state index is 0.0147. The summed E-state index contributed by atoms with van der Waals surface area (Å²) < 4.78 is 5.60. The van der Waals surface area contributed by atoms with Gasteiger partial charge in [-0.05, 0) is 31.2 Å². The molecule has 0 aliphatic carbocycles. The predicted octanol–water partition coefficient (Wildman–Crippen LogP) is 1.94. The number of ether oxygens (including phenoxy) is 1. The molecule has 1 heterocycles. The van der Waals surface area contributed by atoms with Crippen LogP contribution in [0.15, 0.2) is 36.5 Å². The number of hydrogen-bond donors (Lipinski definition) is 2. The summed E-state index contributed by atoms with van der Waals surface area (Å²) in [5.41, 5.74) is 6.24. The van der Waals surface area contributed by atoms with Gasteiger partial charge in [0.05, 0.1) is 5.52 Å². The molecule has 2 aromatic rings. The molecule has 0 aliphatic heterocycles. The molecule has 1 atom stereocenters. The number of nitrogens with zero attached hydrogens (tertiary/aromatic N) is 1. The Morgan fingerprint density at radius 1 is 1.38 bits per heavy atom. The summed E-state index contributed by atoms with van der Waals surface area (Å²) >= 11 is 0. The van der Waals surface area contributed by atoms with Crippen LogP contribution < -0.4 is 10.5 Å². The Balaban J connectivity index is 2.41. The molecule has 2 rings (SSSR count). The molecule has 0 fully saturated rings. The number of aromatic nitrogens is 1. The van der Waals surface area contributed by atoms with Crippen molar-refractivity contribution in [3.05, 3.63) is 36.5 Å². The third-order valence-corrected chi connectivity index (χ3v) is 2.35. The zero-order valence-electron chi connectivity index (χ0n) is 8.97. The molecule has 0 saturated carbocycles. The average molecular weight is 215 g/mol. The highest BCUT2D eigenvalue weighted by molar-refractivity contribution is 5.86. The van der Waals surface area contributed by atoms with Crippen molar-refractivity contribution in [2.75, 3.05) is 0 Å². The zero-order valence-corrected chi connectivity index (χ0v) is 8.97. The third kappa shape index (κ3) is 1.95. The molecule has 0 saturated heterocycles. The standard InChI is InChI=1S/C12H13N3O/c1-8(12(13)14)16-11-6-2-5-10-9(11)4-3-7-15-10/h2-8H,1H3,(H3,13,14). The lowest BCUT2D eigenvalue weighted by molar-refractivity contribution is 0.288. The zero-order chi connectivity index (χ0) is 11.5. The van der Waals surface area contributed by atoms with Crippen LogP contribution in [0.1, 0.15) is 6.92 Å². The summed E-state index contributed by atoms with van der Waals surface area (Å²) in [4.78, 5) is 4.23. The number of nitrogens with one attached hydrogen (secondary N) is 1. The van der Waals surface area contributed by atoms with Gasteiger partial charge in [-0.1, -0.05) is 6.07 Å². The Morgan fingerprint density at radius 2 is 2.19 bits per heavy atom. The van der Waals surface area contributed by atoms with Gasteiger partial charge in [0.15, 0.2) is 6.10 Å². The van der Waals surface area contributed by atoms with Crippen LogP contribution in [0, 0.1) is 5.41 Å². The second-order valence-electron chi connectivity index (χ2n) is 3.54. The van der Waals surface area contributed by atoms with Crippen LogP contribution in [0.5, 0.6) is 5.75 Å². The normalized spacial score (nSPS) is 12.3. The van der Waals surface area contributed by atoms with E-state index in [4.69, 9.17) is 15.9 Å². The number of amidine groups is 1. The van der Waals surface area contributed by atoms with Crippen molar-refractivity contribution < 1.29 is 4.74 Å². The second-order valence-corrected chi connectivity index (χ2v) is 3.54. The van der Waals surface area contributed by atoms with Crippen molar-refractivity contribution >= 4 is 16.7 Å². The molecular weight excluding hydrogens is 202 g/mol. The van der Waals surface area contributed by atoms with Gasteiger partial charge in [-0.15, -0.1) is 0 Å². The maximum absolute atomic E-state index is 7.29. The first-order valence-electron chi connectivity index (χ1n) is 5.03. The smallest absolute Gasteiger partial charge is 0.152 e. The van der Waals surface area contributed by atoms with Crippen LogP contribution in [0.4, 0.5) is 0 Å². The molecule has 82 valence electrons. The Hall–Kier alpha value is -2.10. The number of rotatable bonds is 3. The van der Waals surface area contributed by atoms with Gasteiger partial charge in [-0.25, -0.2) is 0 Å². The molecule has 0 aliphatic rings. The summed E-state index contributed by atoms with van der Waals surface area (Å²) in [5.74, 6) is 0.717. The van der Waals surface area contributed by atoms with E-state index in [2.05, 4.69) is 4.98 Å². The molecule has 1 unspecified atom stereocenters. The molecule has 3 N–H and O–H groups in total. The molecule has 0 radical (unpaired) electrons. The molecule has 16 heavy (non-hydrogen) atoms. The van der Waals surface area contributed by atoms with Crippen LogP contribution in [-0.4, -0.2) is 16.9 Å². The first-order chi connectivity index (χ1) is 7.68. The summed E-state index contributed by atoms with van der Waals surface area (Å²) in [5, 5.41) is 8.22. The number of fused-ring (bicyclic) bond motifs is 1. The van der Waals surface area contributed by atoms with Crippen molar-refractivity contribution in [2.45, 2.75) is 13.0 Å². The van der Waals surface area contributed by atoms with Crippen molar-refractivity contribution in [1.29, 1.82) is 5.41 Å². The molecule has 4 nitrogen and oxygen atoms in total. The second kappa shape index (κ2) is 4.18. The van der Waals surface area contributed by atoms with Gasteiger partial charge in [0, 0.05) is 11.6 Å². The van der Waals surface area contributed by atoms with E-state index in [1.165, 1.54) is 0 Å². The van der Waals surface area contributed by atoms with Crippen LogP contribution in [0.3, 0.4) is 0 Å². The largest absolute Gasteiger partial charge is 0.482 e. The van der Waals surface area contributed by atoms with Crippen molar-refractivity contribution in [3.63, 3.8) is 0 Å². The highest BCUT2D eigenvalue weighted by Gasteiger charge is 2.09. The summed E-state index contributed by atoms with van der Waals surface area (Å²) in [7, 11) is 0. The van der Waals surface area contributed by atoms with Gasteiger partial charge in [-0.2, -0.15) is 0 Å². The van der Waals surface area contributed by atoms with Gasteiger partial charge >= 0.3 is 0 Å². The Kier molecular flexibility index (Phi) is 2.72. The first-order valence-corrected chi connectivity index (χ1v) is 5.03. The minimum atomic E-state index is -0.425. The van der Waals surface area contributed by atoms with Crippen molar-refractivity contribution in [2.24, 2.45) is 5.73 Å². The number of benzene rings is 1. The van der Waals surface area contributed by atoms with E-state index in [1.807, 2.05) is 30.3 Å². The van der Waals surface area contributed by atoms with E-state index < -0.39 is 6.10 Å². The molecular formula is C12H13N3O. The van der Waals surface area contributed by atoms with E-state index in [0.29, 0.717) is 5.75 Å². The maximum atomic E-state index is 7.29. The van der Waals surface area contributed by atoms with E-state index >= 15 is 0 Å². The predicted molar refractivity (Wildman–Crippen MR) is 63.7 cm³/mol. The lowest BCUT2D eigenvalue weighted by Gasteiger charge is -2.14. The topological polar surface area (TPSA) is 72.0 Å². The minimum Gasteiger partial charge on any atom is -0.482 e. The molecule has 1 aromatic heterocycles. The monoisotopic (exact) mass is 215 g/mol. The summed E-state index contributed by atoms with van der Waals surface area (Å²) in [6, 6.07) is 9.43. The van der Waals surface area contributed by atoms with Crippen molar-refractivity contribution in [3.8, 4) is 5.75 Å². The van der Waals surface area contributed by atoms with Gasteiger partial charge < -0.3 is 10.5 Å². The quantitative estimate of drug-likeness (QED) is 0.607. The summed E-state index contributed by atoms with van der Waals surface area (Å²) in [6.45, 7) is 1.75. The lowest BCUT2D eigenvalue weighted by atomic mass is 10.2. The first kappa shape index (κ1) is 10.4. The Bertz CT molecular complexity index is 519. The summed E-state index contributed by atoms with van der Waals surface area (Å²) in [6.07, 6.45) is 1.31. The van der Waals surface area contributed by atoms with Gasteiger partial charge in [0.1, 0.15) is 11.6 Å². The Morgan fingerprint density at radius 3 is 2.94 bits per heavy atom. The van der Waals surface area contributed by atoms with Crippen LogP contribution in [0.2, 0.25) is 0 Å². The van der Waals surface area contributed by atoms with E-state index in [-0.39, 0.29) is 5.84 Å². The number of hydrogen-bond acceptors (Lipinski definition) is 3. The number of nitrogens with two attached hydrogens (primary N) is 1. The SMILES string of the molecule is CC(Oc1cccc2ncccc12)C(=N)N. The average Bonchev–Trinajstić information content (AvgIpc) is 2.29. The van der Waals surface area contributed by atoms with E-state index in [1.54, 1.807) is 13.1 Å². The fraction of sp³-hybridized carbons (Fsp3) is 0.167. The maximum Gasteiger partial charge on any atom is 0.152 e. The van der Waals surface area contributed by atoms with E-state index in [0.717, 1.165) is 10.9 Å². The Labute approximate surface area is 93.6 Å². The van der Waals surface area contributed by atoms with Crippen LogP contribution in [-0.2, 0) is 0 Å². The van der Waals surface area contributed by atoms with Gasteiger partial charge in [0.2, 0.25) is 0 Å². The molecule has 0 amide bonds. The van der Waals surface area contributed by atoms with Gasteiger partial charge in [0.25, 0.3) is 0 Å². The van der Waals surface area contributed by atoms with Gasteiger partial charge in [-0.3, -0.25) is 10.4 Å². The molecule has 0 bridgehead atoms. The lowest BCUT2D eigenvalue weighted by Crippen LogP contribution is -2.30. The molecule has 0 spiro atoms. The molecule has 4 heteroatoms. The fourth-order valence-electron chi connectivity index (χ4n) is 1.43. The third-order valence-electron chi connectivity index (χ3n) is 2.35. The number of pyridine rings is 1.